The summed E-state index contributed by atoms with van der Waals surface area (Å²) >= 11 is 0. The van der Waals surface area contributed by atoms with Gasteiger partial charge in [0, 0.05) is 6.04 Å². The Hall–Kier alpha value is -1.22. The molecule has 2 atom stereocenters. The van der Waals surface area contributed by atoms with E-state index in [4.69, 9.17) is 9.47 Å². The smallest absolute Gasteiger partial charge is 0.231 e. The molecule has 1 aliphatic heterocycles. The van der Waals surface area contributed by atoms with Gasteiger partial charge in [0.05, 0.1) is 0 Å². The largest absolute Gasteiger partial charge is 0.454 e. The number of nitrogens with one attached hydrogen (secondary N) is 1. The van der Waals surface area contributed by atoms with Crippen molar-refractivity contribution in [3.05, 3.63) is 23.8 Å². The van der Waals surface area contributed by atoms with E-state index < -0.39 is 0 Å². The molecule has 0 radical (unpaired) electrons. The van der Waals surface area contributed by atoms with Crippen LogP contribution < -0.4 is 14.8 Å². The molecule has 0 aromatic heterocycles. The highest BCUT2D eigenvalue weighted by atomic mass is 16.7. The van der Waals surface area contributed by atoms with E-state index in [-0.39, 0.29) is 0 Å². The van der Waals surface area contributed by atoms with Gasteiger partial charge in [0.15, 0.2) is 11.5 Å². The fourth-order valence-corrected chi connectivity index (χ4v) is 2.54. The van der Waals surface area contributed by atoms with Crippen LogP contribution in [-0.4, -0.2) is 13.3 Å². The minimum absolute atomic E-state index is 0.344. The first-order chi connectivity index (χ1) is 8.56. The molecule has 1 heterocycles. The van der Waals surface area contributed by atoms with Crippen LogP contribution >= 0.6 is 0 Å². The number of fused-ring (bicyclic) bond motifs is 1. The van der Waals surface area contributed by atoms with Crippen LogP contribution in [0.4, 0.5) is 0 Å². The molecule has 2 unspecified atom stereocenters. The van der Waals surface area contributed by atoms with Crippen molar-refractivity contribution in [2.45, 2.75) is 33.2 Å². The second kappa shape index (κ2) is 4.16. The van der Waals surface area contributed by atoms with Crippen LogP contribution in [0.2, 0.25) is 0 Å². The lowest BCUT2D eigenvalue weighted by Crippen LogP contribution is -2.22. The van der Waals surface area contributed by atoms with E-state index in [1.165, 1.54) is 12.0 Å². The molecule has 0 saturated heterocycles. The van der Waals surface area contributed by atoms with Gasteiger partial charge in [-0.15, -0.1) is 0 Å². The maximum absolute atomic E-state index is 5.41. The Bertz CT molecular complexity index is 456. The summed E-state index contributed by atoms with van der Waals surface area (Å²) in [6.45, 7) is 8.32. The van der Waals surface area contributed by atoms with Crippen molar-refractivity contribution >= 4 is 0 Å². The lowest BCUT2D eigenvalue weighted by Gasteiger charge is -2.15. The Morgan fingerprint density at radius 2 is 2.06 bits per heavy atom. The van der Waals surface area contributed by atoms with Crippen LogP contribution in [-0.2, 0) is 0 Å². The standard InChI is InChI=1S/C15H21NO2/c1-10(16-8-12-7-15(12,2)3)11-4-5-13-14(6-11)18-9-17-13/h4-6,10,12,16H,7-9H2,1-3H3. The van der Waals surface area contributed by atoms with Crippen molar-refractivity contribution in [3.63, 3.8) is 0 Å². The molecule has 3 nitrogen and oxygen atoms in total. The molecule has 1 aromatic rings. The SMILES string of the molecule is CC(NCC1CC1(C)C)c1ccc2c(c1)OCO2. The van der Waals surface area contributed by atoms with Crippen LogP contribution in [0, 0.1) is 11.3 Å². The first kappa shape index (κ1) is 11.8. The average molecular weight is 247 g/mol. The number of benzene rings is 1. The third-order valence-corrected chi connectivity index (χ3v) is 4.28. The van der Waals surface area contributed by atoms with E-state index >= 15 is 0 Å². The highest BCUT2D eigenvalue weighted by Crippen LogP contribution is 2.51. The minimum Gasteiger partial charge on any atom is -0.454 e. The molecule has 1 saturated carbocycles. The zero-order chi connectivity index (χ0) is 12.8. The molecular weight excluding hydrogens is 226 g/mol. The summed E-state index contributed by atoms with van der Waals surface area (Å²) in [5, 5.41) is 3.61. The molecule has 0 bridgehead atoms. The summed E-state index contributed by atoms with van der Waals surface area (Å²) in [7, 11) is 0. The highest BCUT2D eigenvalue weighted by molar-refractivity contribution is 5.45. The van der Waals surface area contributed by atoms with Crippen molar-refractivity contribution in [2.24, 2.45) is 11.3 Å². The van der Waals surface area contributed by atoms with Crippen molar-refractivity contribution in [1.82, 2.24) is 5.32 Å². The van der Waals surface area contributed by atoms with E-state index in [1.807, 2.05) is 6.07 Å². The summed E-state index contributed by atoms with van der Waals surface area (Å²) in [5.74, 6) is 2.55. The Morgan fingerprint density at radius 3 is 2.78 bits per heavy atom. The molecule has 3 rings (SSSR count). The predicted molar refractivity (Wildman–Crippen MR) is 70.9 cm³/mol. The van der Waals surface area contributed by atoms with Gasteiger partial charge in [-0.2, -0.15) is 0 Å². The predicted octanol–water partition coefficient (Wildman–Crippen LogP) is 3.11. The van der Waals surface area contributed by atoms with Crippen molar-refractivity contribution in [2.75, 3.05) is 13.3 Å². The molecule has 1 aromatic carbocycles. The molecule has 98 valence electrons. The van der Waals surface area contributed by atoms with Gasteiger partial charge in [0.2, 0.25) is 6.79 Å². The van der Waals surface area contributed by atoms with Crippen LogP contribution in [0.1, 0.15) is 38.8 Å². The van der Waals surface area contributed by atoms with Crippen LogP contribution in [0.3, 0.4) is 0 Å². The van der Waals surface area contributed by atoms with Gasteiger partial charge in [-0.3, -0.25) is 0 Å². The third kappa shape index (κ3) is 2.19. The van der Waals surface area contributed by atoms with Gasteiger partial charge < -0.3 is 14.8 Å². The van der Waals surface area contributed by atoms with Crippen LogP contribution in [0.25, 0.3) is 0 Å². The zero-order valence-corrected chi connectivity index (χ0v) is 11.3. The first-order valence-corrected chi connectivity index (χ1v) is 6.69. The van der Waals surface area contributed by atoms with E-state index in [9.17, 15) is 0 Å². The first-order valence-electron chi connectivity index (χ1n) is 6.69. The van der Waals surface area contributed by atoms with Crippen LogP contribution in [0.15, 0.2) is 18.2 Å². The second-order valence-corrected chi connectivity index (χ2v) is 6.13. The maximum Gasteiger partial charge on any atom is 0.231 e. The Balaban J connectivity index is 1.60. The quantitative estimate of drug-likeness (QED) is 0.886. The second-order valence-electron chi connectivity index (χ2n) is 6.13. The monoisotopic (exact) mass is 247 g/mol. The molecule has 2 aliphatic rings. The minimum atomic E-state index is 0.344. The molecule has 1 fully saturated rings. The normalized spacial score (nSPS) is 24.9. The summed E-state index contributed by atoms with van der Waals surface area (Å²) in [4.78, 5) is 0. The topological polar surface area (TPSA) is 30.5 Å². The van der Waals surface area contributed by atoms with Gasteiger partial charge in [-0.1, -0.05) is 19.9 Å². The van der Waals surface area contributed by atoms with Gasteiger partial charge >= 0.3 is 0 Å². The van der Waals surface area contributed by atoms with Gasteiger partial charge in [0.1, 0.15) is 0 Å². The fourth-order valence-electron chi connectivity index (χ4n) is 2.54. The highest BCUT2D eigenvalue weighted by Gasteiger charge is 2.44. The zero-order valence-electron chi connectivity index (χ0n) is 11.3. The molecular formula is C15H21NO2. The lowest BCUT2D eigenvalue weighted by atomic mass is 10.1. The van der Waals surface area contributed by atoms with Gasteiger partial charge in [-0.05, 0) is 48.9 Å². The van der Waals surface area contributed by atoms with Crippen molar-refractivity contribution in [1.29, 1.82) is 0 Å². The van der Waals surface area contributed by atoms with E-state index in [0.29, 0.717) is 18.2 Å². The number of ether oxygens (including phenoxy) is 2. The molecule has 18 heavy (non-hydrogen) atoms. The van der Waals surface area contributed by atoms with Crippen molar-refractivity contribution in [3.8, 4) is 11.5 Å². The van der Waals surface area contributed by atoms with Crippen molar-refractivity contribution < 1.29 is 9.47 Å². The number of rotatable bonds is 4. The summed E-state index contributed by atoms with van der Waals surface area (Å²) in [6.07, 6.45) is 1.34. The van der Waals surface area contributed by atoms with E-state index in [1.54, 1.807) is 0 Å². The third-order valence-electron chi connectivity index (χ3n) is 4.28. The summed E-state index contributed by atoms with van der Waals surface area (Å²) in [5.41, 5.74) is 1.81. The Labute approximate surface area is 108 Å². The lowest BCUT2D eigenvalue weighted by molar-refractivity contribution is 0.174. The summed E-state index contributed by atoms with van der Waals surface area (Å²) < 4.78 is 10.7. The average Bonchev–Trinajstić information content (AvgIpc) is 2.77. The van der Waals surface area contributed by atoms with E-state index in [0.717, 1.165) is 24.0 Å². The van der Waals surface area contributed by atoms with E-state index in [2.05, 4.69) is 38.2 Å². The fraction of sp³-hybridized carbons (Fsp3) is 0.600. The molecule has 3 heteroatoms. The maximum atomic E-state index is 5.41. The summed E-state index contributed by atoms with van der Waals surface area (Å²) in [6, 6.07) is 6.55. The number of hydrogen-bond acceptors (Lipinski definition) is 3. The number of hydrogen-bond donors (Lipinski definition) is 1. The Morgan fingerprint density at radius 1 is 1.33 bits per heavy atom. The van der Waals surface area contributed by atoms with Gasteiger partial charge in [-0.25, -0.2) is 0 Å². The molecule has 1 aliphatic carbocycles. The molecule has 0 amide bonds. The molecule has 0 spiro atoms. The van der Waals surface area contributed by atoms with Crippen LogP contribution in [0.5, 0.6) is 11.5 Å². The van der Waals surface area contributed by atoms with Gasteiger partial charge in [0.25, 0.3) is 0 Å². The Kier molecular flexibility index (Phi) is 2.74. The molecule has 1 N–H and O–H groups in total.